The highest BCUT2D eigenvalue weighted by molar-refractivity contribution is 14.2. The molecule has 0 saturated heterocycles. The molecular formula is C8H5ClINOS. The Hall–Kier alpha value is -0.120. The van der Waals surface area contributed by atoms with E-state index in [0.717, 1.165) is 5.56 Å². The molecule has 0 atom stereocenters. The van der Waals surface area contributed by atoms with Crippen molar-refractivity contribution >= 4 is 41.7 Å². The lowest BCUT2D eigenvalue weighted by Crippen LogP contribution is -1.91. The van der Waals surface area contributed by atoms with Crippen molar-refractivity contribution in [2.24, 2.45) is 0 Å². The molecule has 1 heterocycles. The van der Waals surface area contributed by atoms with Gasteiger partial charge in [0.05, 0.1) is 12.7 Å². The van der Waals surface area contributed by atoms with Gasteiger partial charge in [0, 0.05) is 21.2 Å². The van der Waals surface area contributed by atoms with Gasteiger partial charge in [-0.3, -0.25) is 0 Å². The van der Waals surface area contributed by atoms with Crippen LogP contribution in [0.5, 0.6) is 5.88 Å². The van der Waals surface area contributed by atoms with E-state index in [9.17, 15) is 0 Å². The number of rotatable bonds is 1. The first-order chi connectivity index (χ1) is 6.27. The molecule has 0 saturated carbocycles. The molecule has 0 bridgehead atoms. The molecule has 0 amide bonds. The number of ether oxygens (including phenoxy) is 1. The molecule has 0 aliphatic heterocycles. The third-order valence-electron chi connectivity index (χ3n) is 1.24. The molecular weight excluding hydrogens is 321 g/mol. The number of methoxy groups -OCH3 is 1. The Morgan fingerprint density at radius 3 is 3.00 bits per heavy atom. The summed E-state index contributed by atoms with van der Waals surface area (Å²) in [5.41, 5.74) is 0.746. The quantitative estimate of drug-likeness (QED) is 0.450. The van der Waals surface area contributed by atoms with Crippen molar-refractivity contribution in [3.8, 4) is 17.1 Å². The highest BCUT2D eigenvalue weighted by Gasteiger charge is 2.01. The van der Waals surface area contributed by atoms with Gasteiger partial charge in [0.15, 0.2) is 0 Å². The molecule has 68 valence electrons. The molecule has 1 rings (SSSR count). The maximum atomic E-state index is 5.68. The number of hydrogen-bond donors (Lipinski definition) is 0. The lowest BCUT2D eigenvalue weighted by molar-refractivity contribution is 0.396. The summed E-state index contributed by atoms with van der Waals surface area (Å²) in [6.07, 6.45) is 0. The van der Waals surface area contributed by atoms with Gasteiger partial charge in [0.2, 0.25) is 5.88 Å². The zero-order valence-electron chi connectivity index (χ0n) is 6.67. The maximum Gasteiger partial charge on any atom is 0.230 e. The van der Waals surface area contributed by atoms with E-state index in [4.69, 9.17) is 16.3 Å². The van der Waals surface area contributed by atoms with Crippen LogP contribution in [0.2, 0.25) is 5.15 Å². The number of hydrogen-bond acceptors (Lipinski definition) is 3. The molecule has 0 aromatic carbocycles. The molecule has 13 heavy (non-hydrogen) atoms. The van der Waals surface area contributed by atoms with Gasteiger partial charge in [0.1, 0.15) is 5.15 Å². The fourth-order valence-corrected chi connectivity index (χ4v) is 1.36. The minimum absolute atomic E-state index is 0.407. The van der Waals surface area contributed by atoms with Crippen molar-refractivity contribution in [3.05, 3.63) is 22.8 Å². The SMILES string of the molecule is COc1nc(Cl)ccc1C#CSI. The van der Waals surface area contributed by atoms with Gasteiger partial charge >= 0.3 is 0 Å². The van der Waals surface area contributed by atoms with Crippen molar-refractivity contribution in [3.63, 3.8) is 0 Å². The summed E-state index contributed by atoms with van der Waals surface area (Å²) >= 11 is 7.78. The number of halogens is 2. The molecule has 0 radical (unpaired) electrons. The summed E-state index contributed by atoms with van der Waals surface area (Å²) in [6.45, 7) is 0. The fraction of sp³-hybridized carbons (Fsp3) is 0.125. The Morgan fingerprint density at radius 2 is 2.38 bits per heavy atom. The molecule has 5 heteroatoms. The fourth-order valence-electron chi connectivity index (χ4n) is 0.743. The van der Waals surface area contributed by atoms with Gasteiger partial charge in [-0.05, 0) is 32.2 Å². The minimum Gasteiger partial charge on any atom is -0.480 e. The van der Waals surface area contributed by atoms with Crippen molar-refractivity contribution < 1.29 is 4.74 Å². The van der Waals surface area contributed by atoms with Crippen LogP contribution in [0.25, 0.3) is 0 Å². The van der Waals surface area contributed by atoms with E-state index >= 15 is 0 Å². The summed E-state index contributed by atoms with van der Waals surface area (Å²) in [5.74, 6) is 3.36. The Labute approximate surface area is 98.0 Å². The van der Waals surface area contributed by atoms with Crippen LogP contribution < -0.4 is 4.74 Å². The van der Waals surface area contributed by atoms with E-state index in [1.807, 2.05) is 0 Å². The van der Waals surface area contributed by atoms with Crippen LogP contribution >= 0.6 is 41.7 Å². The average molecular weight is 326 g/mol. The second-order valence-corrected chi connectivity index (χ2v) is 4.06. The lowest BCUT2D eigenvalue weighted by atomic mass is 10.3. The summed E-state index contributed by atoms with van der Waals surface area (Å²) in [5, 5.41) is 3.26. The molecule has 0 spiro atoms. The molecule has 2 nitrogen and oxygen atoms in total. The first-order valence-corrected chi connectivity index (χ1v) is 7.00. The van der Waals surface area contributed by atoms with Crippen molar-refractivity contribution in [2.45, 2.75) is 0 Å². The van der Waals surface area contributed by atoms with Gasteiger partial charge in [-0.1, -0.05) is 11.6 Å². The van der Waals surface area contributed by atoms with Crippen LogP contribution in [0.3, 0.4) is 0 Å². The summed E-state index contributed by atoms with van der Waals surface area (Å²) in [4.78, 5) is 3.97. The summed E-state index contributed by atoms with van der Waals surface area (Å²) in [6, 6.07) is 3.47. The monoisotopic (exact) mass is 325 g/mol. The molecule has 0 N–H and O–H groups in total. The first kappa shape index (κ1) is 11.0. The second-order valence-electron chi connectivity index (χ2n) is 2.00. The number of pyridine rings is 1. The third kappa shape index (κ3) is 3.25. The first-order valence-electron chi connectivity index (χ1n) is 3.27. The standard InChI is InChI=1S/C8H5ClINOS/c1-12-8-6(4-5-13-10)2-3-7(9)11-8/h2-3H,1H3. The number of nitrogens with zero attached hydrogens (tertiary/aromatic N) is 1. The van der Waals surface area contributed by atoms with Crippen molar-refractivity contribution in [1.82, 2.24) is 4.98 Å². The van der Waals surface area contributed by atoms with E-state index in [2.05, 4.69) is 37.4 Å². The Kier molecular flexibility index (Phi) is 4.70. The topological polar surface area (TPSA) is 22.1 Å². The Balaban J connectivity index is 3.06. The number of aromatic nitrogens is 1. The summed E-state index contributed by atoms with van der Waals surface area (Å²) < 4.78 is 5.01. The van der Waals surface area contributed by atoms with Gasteiger partial charge < -0.3 is 4.74 Å². The van der Waals surface area contributed by atoms with E-state index < -0.39 is 0 Å². The molecule has 0 aliphatic rings. The Morgan fingerprint density at radius 1 is 1.62 bits per heavy atom. The lowest BCUT2D eigenvalue weighted by Gasteiger charge is -2.00. The normalized spacial score (nSPS) is 8.85. The van der Waals surface area contributed by atoms with Gasteiger partial charge in [-0.25, -0.2) is 4.98 Å². The van der Waals surface area contributed by atoms with Crippen molar-refractivity contribution in [1.29, 1.82) is 0 Å². The molecule has 1 aromatic rings. The van der Waals surface area contributed by atoms with E-state index in [1.165, 1.54) is 8.93 Å². The van der Waals surface area contributed by atoms with E-state index in [1.54, 1.807) is 19.2 Å². The van der Waals surface area contributed by atoms with Gasteiger partial charge in [-0.2, -0.15) is 0 Å². The highest BCUT2D eigenvalue weighted by atomic mass is 127. The average Bonchev–Trinajstić information content (AvgIpc) is 2.16. The van der Waals surface area contributed by atoms with Gasteiger partial charge in [0.25, 0.3) is 0 Å². The predicted molar refractivity (Wildman–Crippen MR) is 64.3 cm³/mol. The zero-order valence-corrected chi connectivity index (χ0v) is 10.4. The van der Waals surface area contributed by atoms with Crippen LogP contribution in [0.4, 0.5) is 0 Å². The van der Waals surface area contributed by atoms with E-state index in [0.29, 0.717) is 11.0 Å². The molecule has 1 aromatic heterocycles. The molecule has 0 fully saturated rings. The van der Waals surface area contributed by atoms with Gasteiger partial charge in [-0.15, -0.1) is 0 Å². The minimum atomic E-state index is 0.407. The second kappa shape index (κ2) is 5.58. The van der Waals surface area contributed by atoms with Crippen molar-refractivity contribution in [2.75, 3.05) is 7.11 Å². The third-order valence-corrected chi connectivity index (χ3v) is 2.29. The molecule has 0 unspecified atom stereocenters. The predicted octanol–water partition coefficient (Wildman–Crippen LogP) is 3.14. The molecule has 0 aliphatic carbocycles. The zero-order chi connectivity index (χ0) is 9.68. The Bertz CT molecular complexity index is 361. The summed E-state index contributed by atoms with van der Waals surface area (Å²) in [7, 11) is 2.96. The van der Waals surface area contributed by atoms with Crippen LogP contribution in [0, 0.1) is 11.2 Å². The highest BCUT2D eigenvalue weighted by Crippen LogP contribution is 2.18. The van der Waals surface area contributed by atoms with Crippen LogP contribution in [-0.2, 0) is 0 Å². The van der Waals surface area contributed by atoms with Crippen LogP contribution in [0.1, 0.15) is 5.56 Å². The van der Waals surface area contributed by atoms with E-state index in [-0.39, 0.29) is 0 Å². The maximum absolute atomic E-state index is 5.68. The van der Waals surface area contributed by atoms with Crippen LogP contribution in [0.15, 0.2) is 12.1 Å². The largest absolute Gasteiger partial charge is 0.480 e. The smallest absolute Gasteiger partial charge is 0.230 e. The van der Waals surface area contributed by atoms with Crippen LogP contribution in [-0.4, -0.2) is 12.1 Å².